The first-order valence-electron chi connectivity index (χ1n) is 6.68. The lowest BCUT2D eigenvalue weighted by Crippen LogP contribution is -1.98. The summed E-state index contributed by atoms with van der Waals surface area (Å²) in [6.45, 7) is -0.155. The van der Waals surface area contributed by atoms with E-state index in [1.165, 1.54) is 6.07 Å². The van der Waals surface area contributed by atoms with Gasteiger partial charge in [-0.25, -0.2) is 4.39 Å². The van der Waals surface area contributed by atoms with Gasteiger partial charge in [-0.1, -0.05) is 15.9 Å². The number of ether oxygens (including phenoxy) is 1. The molecule has 0 radical (unpaired) electrons. The molecule has 0 atom stereocenters. The third kappa shape index (κ3) is 3.57. The van der Waals surface area contributed by atoms with E-state index in [4.69, 9.17) is 9.15 Å². The molecule has 1 heterocycles. The topological polar surface area (TPSA) is 91.3 Å². The van der Waals surface area contributed by atoms with Gasteiger partial charge in [0.05, 0.1) is 11.0 Å². The van der Waals surface area contributed by atoms with Crippen LogP contribution in [-0.2, 0) is 6.61 Å². The summed E-state index contributed by atoms with van der Waals surface area (Å²) < 4.78 is 25.3. The summed E-state index contributed by atoms with van der Waals surface area (Å²) in [5.74, 6) is -0.503. The van der Waals surface area contributed by atoms with E-state index < -0.39 is 10.7 Å². The monoisotopic (exact) mass is 393 g/mol. The molecule has 0 fully saturated rings. The van der Waals surface area contributed by atoms with Crippen LogP contribution in [-0.4, -0.2) is 15.1 Å². The Kier molecular flexibility index (Phi) is 4.52. The quantitative estimate of drug-likeness (QED) is 0.478. The molecule has 0 bridgehead atoms. The predicted molar refractivity (Wildman–Crippen MR) is 84.8 cm³/mol. The highest BCUT2D eigenvalue weighted by molar-refractivity contribution is 9.10. The molecule has 3 aromatic rings. The molecule has 9 heteroatoms. The Morgan fingerprint density at radius 3 is 2.62 bits per heavy atom. The fourth-order valence-corrected chi connectivity index (χ4v) is 2.15. The van der Waals surface area contributed by atoms with Gasteiger partial charge < -0.3 is 9.15 Å². The second-order valence-electron chi connectivity index (χ2n) is 4.67. The van der Waals surface area contributed by atoms with Crippen molar-refractivity contribution < 1.29 is 18.5 Å². The summed E-state index contributed by atoms with van der Waals surface area (Å²) >= 11 is 3.33. The molecule has 0 saturated carbocycles. The van der Waals surface area contributed by atoms with Gasteiger partial charge in [-0.2, -0.15) is 0 Å². The molecule has 122 valence electrons. The molecular formula is C15H9BrFN3O4. The summed E-state index contributed by atoms with van der Waals surface area (Å²) in [6, 6.07) is 10.4. The molecule has 0 amide bonds. The molecular weight excluding hydrogens is 385 g/mol. The van der Waals surface area contributed by atoms with Crippen LogP contribution < -0.4 is 4.74 Å². The van der Waals surface area contributed by atoms with Gasteiger partial charge in [0.2, 0.25) is 5.89 Å². The predicted octanol–water partition coefficient (Wildman–Crippen LogP) is 4.13. The van der Waals surface area contributed by atoms with E-state index in [9.17, 15) is 14.5 Å². The minimum atomic E-state index is -0.836. The Bertz CT molecular complexity index is 883. The molecule has 1 aromatic heterocycles. The van der Waals surface area contributed by atoms with E-state index in [0.717, 1.165) is 22.2 Å². The van der Waals surface area contributed by atoms with E-state index in [1.807, 2.05) is 12.1 Å². The van der Waals surface area contributed by atoms with Gasteiger partial charge in [-0.05, 0) is 30.3 Å². The maximum absolute atomic E-state index is 13.7. The molecule has 0 spiro atoms. The van der Waals surface area contributed by atoms with Crippen LogP contribution in [0.25, 0.3) is 11.5 Å². The molecule has 24 heavy (non-hydrogen) atoms. The average Bonchev–Trinajstić information content (AvgIpc) is 3.03. The van der Waals surface area contributed by atoms with E-state index in [-0.39, 0.29) is 23.9 Å². The number of nitrogens with zero attached hydrogens (tertiary/aromatic N) is 3. The highest BCUT2D eigenvalue weighted by atomic mass is 79.9. The summed E-state index contributed by atoms with van der Waals surface area (Å²) in [5, 5.41) is 18.3. The minimum absolute atomic E-state index is 0.135. The smallest absolute Gasteiger partial charge is 0.272 e. The maximum atomic E-state index is 13.7. The summed E-state index contributed by atoms with van der Waals surface area (Å²) in [6.07, 6.45) is 0. The molecule has 3 rings (SSSR count). The number of aromatic nitrogens is 2. The molecule has 7 nitrogen and oxygen atoms in total. The molecule has 0 saturated heterocycles. The Balaban J connectivity index is 1.69. The van der Waals surface area contributed by atoms with Crippen LogP contribution in [0, 0.1) is 15.9 Å². The zero-order valence-corrected chi connectivity index (χ0v) is 13.6. The summed E-state index contributed by atoms with van der Waals surface area (Å²) in [4.78, 5) is 9.88. The first-order chi connectivity index (χ1) is 11.5. The molecule has 0 unspecified atom stereocenters. The van der Waals surface area contributed by atoms with Gasteiger partial charge in [-0.3, -0.25) is 10.1 Å². The van der Waals surface area contributed by atoms with Gasteiger partial charge in [0.25, 0.3) is 11.6 Å². The molecule has 0 aliphatic rings. The van der Waals surface area contributed by atoms with Crippen LogP contribution >= 0.6 is 15.9 Å². The number of hydrogen-bond acceptors (Lipinski definition) is 6. The average molecular weight is 394 g/mol. The van der Waals surface area contributed by atoms with Gasteiger partial charge in [0.15, 0.2) is 18.2 Å². The fourth-order valence-electron chi connectivity index (χ4n) is 1.88. The number of non-ortho nitro benzene ring substituents is 1. The van der Waals surface area contributed by atoms with Crippen molar-refractivity contribution in [3.05, 3.63) is 68.8 Å². The first-order valence-corrected chi connectivity index (χ1v) is 7.47. The Morgan fingerprint density at radius 2 is 1.96 bits per heavy atom. The second-order valence-corrected chi connectivity index (χ2v) is 5.58. The van der Waals surface area contributed by atoms with E-state index in [2.05, 4.69) is 26.1 Å². The Morgan fingerprint density at radius 1 is 1.21 bits per heavy atom. The number of nitro groups is 1. The van der Waals surface area contributed by atoms with Crippen molar-refractivity contribution in [2.45, 2.75) is 6.61 Å². The lowest BCUT2D eigenvalue weighted by Gasteiger charge is -2.04. The van der Waals surface area contributed by atoms with Crippen molar-refractivity contribution in [3.63, 3.8) is 0 Å². The van der Waals surface area contributed by atoms with Crippen molar-refractivity contribution in [1.82, 2.24) is 10.2 Å². The van der Waals surface area contributed by atoms with Crippen LogP contribution in [0.5, 0.6) is 5.75 Å². The maximum Gasteiger partial charge on any atom is 0.272 e. The fraction of sp³-hybridized carbons (Fsp3) is 0.0667. The van der Waals surface area contributed by atoms with Gasteiger partial charge in [0.1, 0.15) is 0 Å². The number of nitro benzene ring substituents is 1. The van der Waals surface area contributed by atoms with Crippen LogP contribution in [0.15, 0.2) is 51.4 Å². The zero-order chi connectivity index (χ0) is 17.1. The molecule has 0 aliphatic heterocycles. The first kappa shape index (κ1) is 16.1. The summed E-state index contributed by atoms with van der Waals surface area (Å²) in [7, 11) is 0. The van der Waals surface area contributed by atoms with E-state index in [1.54, 1.807) is 12.1 Å². The lowest BCUT2D eigenvalue weighted by molar-refractivity contribution is -0.385. The highest BCUT2D eigenvalue weighted by Gasteiger charge is 2.14. The molecule has 0 N–H and O–H groups in total. The molecule has 0 aliphatic carbocycles. The SMILES string of the molecule is O=[N+]([O-])c1ccc(OCc2nnc(-c3ccc(Br)cc3)o2)c(F)c1. The normalized spacial score (nSPS) is 10.6. The Labute approximate surface area is 143 Å². The van der Waals surface area contributed by atoms with Crippen LogP contribution in [0.3, 0.4) is 0 Å². The van der Waals surface area contributed by atoms with Crippen molar-refractivity contribution in [1.29, 1.82) is 0 Å². The van der Waals surface area contributed by atoms with Crippen molar-refractivity contribution in [2.24, 2.45) is 0 Å². The van der Waals surface area contributed by atoms with Gasteiger partial charge in [0, 0.05) is 16.1 Å². The number of hydrogen-bond donors (Lipinski definition) is 0. The second kappa shape index (κ2) is 6.75. The largest absolute Gasteiger partial charge is 0.481 e. The van der Waals surface area contributed by atoms with Crippen LogP contribution in [0.1, 0.15) is 5.89 Å². The standard InChI is InChI=1S/C15H9BrFN3O4/c16-10-3-1-9(2-4-10)15-19-18-14(24-15)8-23-13-6-5-11(20(21)22)7-12(13)17/h1-7H,8H2. The van der Waals surface area contributed by atoms with Crippen LogP contribution in [0.2, 0.25) is 0 Å². The number of benzene rings is 2. The minimum Gasteiger partial charge on any atom is -0.481 e. The van der Waals surface area contributed by atoms with Crippen LogP contribution in [0.4, 0.5) is 10.1 Å². The van der Waals surface area contributed by atoms with Crippen molar-refractivity contribution >= 4 is 21.6 Å². The van der Waals surface area contributed by atoms with Gasteiger partial charge >= 0.3 is 0 Å². The molecule has 2 aromatic carbocycles. The number of halogens is 2. The van der Waals surface area contributed by atoms with E-state index in [0.29, 0.717) is 5.89 Å². The highest BCUT2D eigenvalue weighted by Crippen LogP contribution is 2.24. The lowest BCUT2D eigenvalue weighted by atomic mass is 10.2. The number of rotatable bonds is 5. The van der Waals surface area contributed by atoms with Gasteiger partial charge in [-0.15, -0.1) is 10.2 Å². The van der Waals surface area contributed by atoms with Crippen molar-refractivity contribution in [3.8, 4) is 17.2 Å². The third-order valence-corrected chi connectivity index (χ3v) is 3.56. The zero-order valence-electron chi connectivity index (χ0n) is 12.0. The van der Waals surface area contributed by atoms with E-state index >= 15 is 0 Å². The van der Waals surface area contributed by atoms with Crippen molar-refractivity contribution in [2.75, 3.05) is 0 Å². The third-order valence-electron chi connectivity index (χ3n) is 3.04. The summed E-state index contributed by atoms with van der Waals surface area (Å²) in [5.41, 5.74) is 0.383. The Hall–Kier alpha value is -2.81.